The van der Waals surface area contributed by atoms with Crippen molar-refractivity contribution >= 4 is 50.5 Å². The van der Waals surface area contributed by atoms with Gasteiger partial charge in [-0.2, -0.15) is 0 Å². The number of aryl methyl sites for hydroxylation is 1. The van der Waals surface area contributed by atoms with E-state index in [1.165, 1.54) is 23.8 Å². The molecule has 0 radical (unpaired) electrons. The maximum atomic E-state index is 12.6. The number of rotatable bonds is 8. The molecule has 0 atom stereocenters. The van der Waals surface area contributed by atoms with Gasteiger partial charge >= 0.3 is 0 Å². The van der Waals surface area contributed by atoms with E-state index in [1.807, 2.05) is 12.1 Å². The topological polar surface area (TPSA) is 75.3 Å². The van der Waals surface area contributed by atoms with Crippen LogP contribution in [0.5, 0.6) is 0 Å². The van der Waals surface area contributed by atoms with E-state index >= 15 is 0 Å². The fraction of sp³-hybridized carbons (Fsp3) is 0.208. The van der Waals surface area contributed by atoms with Gasteiger partial charge in [-0.25, -0.2) is 8.42 Å². The number of sulfonamides is 1. The van der Waals surface area contributed by atoms with E-state index in [0.717, 1.165) is 5.56 Å². The van der Waals surface area contributed by atoms with Crippen LogP contribution >= 0.6 is 23.2 Å². The van der Waals surface area contributed by atoms with E-state index in [4.69, 9.17) is 23.2 Å². The number of carbonyl (C=O) groups excluding carboxylic acids is 1. The predicted octanol–water partition coefficient (Wildman–Crippen LogP) is 6.49. The number of carbonyl (C=O) groups is 1. The van der Waals surface area contributed by atoms with Crippen LogP contribution in [-0.2, 0) is 21.2 Å². The lowest BCUT2D eigenvalue weighted by Gasteiger charge is -2.11. The zero-order chi connectivity index (χ0) is 23.3. The molecule has 3 aromatic carbocycles. The van der Waals surface area contributed by atoms with Gasteiger partial charge in [0.2, 0.25) is 5.91 Å². The normalized spacial score (nSPS) is 11.4. The van der Waals surface area contributed by atoms with Gasteiger partial charge in [-0.15, -0.1) is 0 Å². The summed E-state index contributed by atoms with van der Waals surface area (Å²) in [6, 6.07) is 18.9. The summed E-state index contributed by atoms with van der Waals surface area (Å²) in [6.45, 7) is 4.28. The second-order valence-corrected chi connectivity index (χ2v) is 10.1. The number of amides is 1. The lowest BCUT2D eigenvalue weighted by atomic mass is 10.0. The second kappa shape index (κ2) is 10.4. The summed E-state index contributed by atoms with van der Waals surface area (Å²) in [7, 11) is -3.86. The van der Waals surface area contributed by atoms with Crippen molar-refractivity contribution in [1.29, 1.82) is 0 Å². The number of nitrogens with one attached hydrogen (secondary N) is 2. The van der Waals surface area contributed by atoms with Crippen LogP contribution in [0.25, 0.3) is 0 Å². The summed E-state index contributed by atoms with van der Waals surface area (Å²) in [5.41, 5.74) is 3.07. The first-order valence-electron chi connectivity index (χ1n) is 10.1. The maximum Gasteiger partial charge on any atom is 0.261 e. The van der Waals surface area contributed by atoms with Crippen LogP contribution < -0.4 is 10.0 Å². The Hall–Kier alpha value is -2.54. The monoisotopic (exact) mass is 490 g/mol. The number of halogens is 2. The zero-order valence-electron chi connectivity index (χ0n) is 17.7. The van der Waals surface area contributed by atoms with Crippen molar-refractivity contribution in [2.24, 2.45) is 0 Å². The summed E-state index contributed by atoms with van der Waals surface area (Å²) >= 11 is 12.0. The fourth-order valence-electron chi connectivity index (χ4n) is 3.05. The van der Waals surface area contributed by atoms with Gasteiger partial charge in [-0.3, -0.25) is 9.52 Å². The maximum absolute atomic E-state index is 12.6. The molecule has 3 aromatic rings. The summed E-state index contributed by atoms with van der Waals surface area (Å²) in [5, 5.41) is 3.17. The SMILES string of the molecule is CC(C)c1ccc(CCC(=O)Nc2ccc(S(=O)(=O)Nc3cccc(Cl)c3Cl)cc2)cc1. The lowest BCUT2D eigenvalue weighted by Crippen LogP contribution is -2.14. The molecule has 8 heteroatoms. The van der Waals surface area contributed by atoms with E-state index in [9.17, 15) is 13.2 Å². The zero-order valence-corrected chi connectivity index (χ0v) is 20.1. The van der Waals surface area contributed by atoms with E-state index in [-0.39, 0.29) is 26.5 Å². The molecular formula is C24H24Cl2N2O3S. The molecule has 0 aliphatic heterocycles. The van der Waals surface area contributed by atoms with Crippen LogP contribution in [0.2, 0.25) is 10.0 Å². The third-order valence-electron chi connectivity index (χ3n) is 4.93. The number of hydrogen-bond donors (Lipinski definition) is 2. The summed E-state index contributed by atoms with van der Waals surface area (Å²) in [6.07, 6.45) is 0.955. The van der Waals surface area contributed by atoms with E-state index in [2.05, 4.69) is 36.0 Å². The van der Waals surface area contributed by atoms with E-state index in [1.54, 1.807) is 24.3 Å². The first kappa shape index (κ1) is 24.1. The summed E-state index contributed by atoms with van der Waals surface area (Å²) in [5.74, 6) is 0.328. The molecule has 0 aliphatic rings. The van der Waals surface area contributed by atoms with Crippen molar-refractivity contribution in [1.82, 2.24) is 0 Å². The van der Waals surface area contributed by atoms with Crippen LogP contribution in [0, 0.1) is 0 Å². The fourth-order valence-corrected chi connectivity index (χ4v) is 4.53. The Balaban J connectivity index is 1.58. The molecule has 3 rings (SSSR count). The van der Waals surface area contributed by atoms with Gasteiger partial charge in [-0.1, -0.05) is 67.4 Å². The van der Waals surface area contributed by atoms with Gasteiger partial charge in [0.15, 0.2) is 0 Å². The molecule has 0 heterocycles. The van der Waals surface area contributed by atoms with Crippen LogP contribution in [-0.4, -0.2) is 14.3 Å². The lowest BCUT2D eigenvalue weighted by molar-refractivity contribution is -0.116. The van der Waals surface area contributed by atoms with Gasteiger partial charge in [0, 0.05) is 12.1 Å². The van der Waals surface area contributed by atoms with Crippen molar-refractivity contribution in [2.75, 3.05) is 10.0 Å². The van der Waals surface area contributed by atoms with Crippen molar-refractivity contribution in [3.63, 3.8) is 0 Å². The van der Waals surface area contributed by atoms with Crippen molar-refractivity contribution in [3.8, 4) is 0 Å². The molecule has 0 fully saturated rings. The minimum Gasteiger partial charge on any atom is -0.326 e. The van der Waals surface area contributed by atoms with E-state index in [0.29, 0.717) is 24.4 Å². The minimum atomic E-state index is -3.86. The van der Waals surface area contributed by atoms with Crippen LogP contribution in [0.4, 0.5) is 11.4 Å². The molecule has 0 bridgehead atoms. The Morgan fingerprint density at radius 3 is 2.22 bits per heavy atom. The highest BCUT2D eigenvalue weighted by Crippen LogP contribution is 2.31. The molecule has 0 aromatic heterocycles. The van der Waals surface area contributed by atoms with E-state index < -0.39 is 10.0 Å². The molecule has 1 amide bonds. The molecule has 0 spiro atoms. The standard InChI is InChI=1S/C24H24Cl2N2O3S/c1-16(2)18-9-6-17(7-10-18)8-15-23(29)27-19-11-13-20(14-12-19)32(30,31)28-22-5-3-4-21(25)24(22)26/h3-7,9-14,16,28H,8,15H2,1-2H3,(H,27,29). The van der Waals surface area contributed by atoms with Gasteiger partial charge in [0.1, 0.15) is 0 Å². The molecular weight excluding hydrogens is 467 g/mol. The smallest absolute Gasteiger partial charge is 0.261 e. The first-order chi connectivity index (χ1) is 15.2. The molecule has 0 aliphatic carbocycles. The summed E-state index contributed by atoms with van der Waals surface area (Å²) in [4.78, 5) is 12.3. The molecule has 0 saturated carbocycles. The average molecular weight is 491 g/mol. The molecule has 168 valence electrons. The molecule has 5 nitrogen and oxygen atoms in total. The molecule has 0 unspecified atom stereocenters. The van der Waals surface area contributed by atoms with Gasteiger partial charge in [0.25, 0.3) is 10.0 Å². The number of hydrogen-bond acceptors (Lipinski definition) is 3. The number of benzene rings is 3. The summed E-state index contributed by atoms with van der Waals surface area (Å²) < 4.78 is 27.7. The highest BCUT2D eigenvalue weighted by atomic mass is 35.5. The third kappa shape index (κ3) is 6.25. The Morgan fingerprint density at radius 2 is 1.59 bits per heavy atom. The molecule has 2 N–H and O–H groups in total. The van der Waals surface area contributed by atoms with Crippen molar-refractivity contribution in [3.05, 3.63) is 87.9 Å². The van der Waals surface area contributed by atoms with Crippen LogP contribution in [0.15, 0.2) is 71.6 Å². The van der Waals surface area contributed by atoms with Crippen molar-refractivity contribution < 1.29 is 13.2 Å². The molecule has 0 saturated heterocycles. The van der Waals surface area contributed by atoms with Crippen molar-refractivity contribution in [2.45, 2.75) is 37.5 Å². The quantitative estimate of drug-likeness (QED) is 0.378. The highest BCUT2D eigenvalue weighted by molar-refractivity contribution is 7.92. The average Bonchev–Trinajstić information content (AvgIpc) is 2.76. The third-order valence-corrected chi connectivity index (χ3v) is 7.13. The minimum absolute atomic E-state index is 0.0387. The highest BCUT2D eigenvalue weighted by Gasteiger charge is 2.17. The first-order valence-corrected chi connectivity index (χ1v) is 12.3. The Morgan fingerprint density at radius 1 is 0.938 bits per heavy atom. The second-order valence-electron chi connectivity index (χ2n) is 7.68. The Bertz CT molecular complexity index is 1190. The predicted molar refractivity (Wildman–Crippen MR) is 131 cm³/mol. The van der Waals surface area contributed by atoms with Gasteiger partial charge in [0.05, 0.1) is 20.6 Å². The van der Waals surface area contributed by atoms with Crippen LogP contribution in [0.1, 0.15) is 37.3 Å². The van der Waals surface area contributed by atoms with Gasteiger partial charge in [-0.05, 0) is 59.9 Å². The molecule has 32 heavy (non-hydrogen) atoms. The number of anilines is 2. The van der Waals surface area contributed by atoms with Crippen LogP contribution in [0.3, 0.4) is 0 Å². The van der Waals surface area contributed by atoms with Gasteiger partial charge < -0.3 is 5.32 Å². The Kier molecular flexibility index (Phi) is 7.82. The Labute approximate surface area is 198 Å². The largest absolute Gasteiger partial charge is 0.326 e.